The second kappa shape index (κ2) is 12.2. The number of ether oxygens (including phenoxy) is 1. The van der Waals surface area contributed by atoms with Crippen LogP contribution in [0.3, 0.4) is 0 Å². The van der Waals surface area contributed by atoms with Gasteiger partial charge in [0.15, 0.2) is 0 Å². The number of aromatic amines is 1. The maximum absolute atomic E-state index is 9.60. The van der Waals surface area contributed by atoms with E-state index in [1.807, 2.05) is 47.7 Å². The molecule has 0 bridgehead atoms. The normalized spacial score (nSPS) is 10.5. The zero-order chi connectivity index (χ0) is 17.8. The summed E-state index contributed by atoms with van der Waals surface area (Å²) in [6.07, 6.45) is 1.87. The molecule has 1 N–H and O–H groups in total. The number of hydrogen-bond donors (Lipinski definition) is 1. The number of rotatable bonds is 5. The van der Waals surface area contributed by atoms with Crippen molar-refractivity contribution in [3.05, 3.63) is 17.7 Å². The number of aromatic nitrogens is 2. The average Bonchev–Trinajstić information content (AvgIpc) is 2.75. The predicted octanol–water partition coefficient (Wildman–Crippen LogP) is 3.79. The molecule has 22 heavy (non-hydrogen) atoms. The lowest BCUT2D eigenvalue weighted by Gasteiger charge is -2.17. The van der Waals surface area contributed by atoms with Gasteiger partial charge < -0.3 is 9.72 Å². The molecule has 0 atom stereocenters. The molecule has 0 radical (unpaired) electrons. The number of imidazole rings is 1. The first-order valence-electron chi connectivity index (χ1n) is 7.94. The van der Waals surface area contributed by atoms with E-state index < -0.39 is 0 Å². The second-order valence-corrected chi connectivity index (χ2v) is 6.43. The molecule has 0 unspecified atom stereocenters. The van der Waals surface area contributed by atoms with Crippen molar-refractivity contribution in [1.82, 2.24) is 14.9 Å². The second-order valence-electron chi connectivity index (χ2n) is 6.43. The van der Waals surface area contributed by atoms with Crippen LogP contribution in [-0.2, 0) is 16.1 Å². The van der Waals surface area contributed by atoms with Crippen LogP contribution in [0.15, 0.2) is 6.20 Å². The number of hydrogen-bond acceptors (Lipinski definition) is 4. The quantitative estimate of drug-likeness (QED) is 0.840. The summed E-state index contributed by atoms with van der Waals surface area (Å²) in [6, 6.07) is 0. The van der Waals surface area contributed by atoms with Crippen LogP contribution in [0.25, 0.3) is 0 Å². The van der Waals surface area contributed by atoms with Crippen molar-refractivity contribution in [2.75, 3.05) is 13.6 Å². The molecule has 130 valence electrons. The van der Waals surface area contributed by atoms with E-state index in [4.69, 9.17) is 0 Å². The van der Waals surface area contributed by atoms with Crippen LogP contribution in [0.5, 0.6) is 0 Å². The Kier molecular flexibility index (Phi) is 12.7. The van der Waals surface area contributed by atoms with E-state index in [2.05, 4.69) is 40.5 Å². The Labute approximate surface area is 136 Å². The Hall–Kier alpha value is -1.36. The van der Waals surface area contributed by atoms with E-state index in [1.165, 1.54) is 0 Å². The van der Waals surface area contributed by atoms with Gasteiger partial charge in [-0.2, -0.15) is 0 Å². The molecule has 0 fully saturated rings. The summed E-state index contributed by atoms with van der Waals surface area (Å²) < 4.78 is 4.55. The number of carbonyl (C=O) groups excluding carboxylic acids is 1. The van der Waals surface area contributed by atoms with Gasteiger partial charge in [-0.05, 0) is 40.7 Å². The van der Waals surface area contributed by atoms with Gasteiger partial charge in [-0.3, -0.25) is 9.69 Å². The molecule has 1 heterocycles. The van der Waals surface area contributed by atoms with E-state index in [0.29, 0.717) is 12.4 Å². The molecule has 0 aliphatic heterocycles. The highest BCUT2D eigenvalue weighted by Gasteiger charge is 2.07. The van der Waals surface area contributed by atoms with Gasteiger partial charge in [0, 0.05) is 18.4 Å². The molecule has 0 aliphatic rings. The molecule has 5 heteroatoms. The molecule has 0 aliphatic carbocycles. The highest BCUT2D eigenvalue weighted by atomic mass is 16.5. The zero-order valence-electron chi connectivity index (χ0n) is 15.9. The first-order valence-corrected chi connectivity index (χ1v) is 7.94. The summed E-state index contributed by atoms with van der Waals surface area (Å²) in [5, 5.41) is 0. The monoisotopic (exact) mass is 313 g/mol. The van der Waals surface area contributed by atoms with Gasteiger partial charge in [-0.25, -0.2) is 4.98 Å². The van der Waals surface area contributed by atoms with Gasteiger partial charge in [0.2, 0.25) is 0 Å². The lowest BCUT2D eigenvalue weighted by atomic mass is 10.2. The lowest BCUT2D eigenvalue weighted by molar-refractivity contribution is -0.138. The maximum atomic E-state index is 9.60. The van der Waals surface area contributed by atoms with Gasteiger partial charge in [-0.15, -0.1) is 0 Å². The molecule has 1 aromatic rings. The summed E-state index contributed by atoms with van der Waals surface area (Å²) in [6.45, 7) is 18.4. The molecular formula is C17H35N3O2. The minimum atomic E-state index is -0.318. The lowest BCUT2D eigenvalue weighted by Crippen LogP contribution is -2.23. The summed E-state index contributed by atoms with van der Waals surface area (Å²) in [4.78, 5) is 19.4. The van der Waals surface area contributed by atoms with Gasteiger partial charge >= 0.3 is 0 Å². The van der Waals surface area contributed by atoms with Crippen LogP contribution in [0.1, 0.15) is 60.0 Å². The molecule has 1 aromatic heterocycles. The van der Waals surface area contributed by atoms with Crippen LogP contribution in [0.2, 0.25) is 0 Å². The molecule has 1 rings (SSSR count). The number of carbonyl (C=O) groups is 1. The fourth-order valence-corrected chi connectivity index (χ4v) is 1.64. The Morgan fingerprint density at radius 2 is 1.91 bits per heavy atom. The molecule has 0 saturated carbocycles. The van der Waals surface area contributed by atoms with Crippen LogP contribution in [0, 0.1) is 12.8 Å². The number of nitrogens with zero attached hydrogens (tertiary/aromatic N) is 2. The van der Waals surface area contributed by atoms with Crippen molar-refractivity contribution in [2.24, 2.45) is 5.92 Å². The Balaban J connectivity index is 0. The van der Waals surface area contributed by atoms with Crippen molar-refractivity contribution in [3.63, 3.8) is 0 Å². The Morgan fingerprint density at radius 3 is 2.18 bits per heavy atom. The highest BCUT2D eigenvalue weighted by Crippen LogP contribution is 2.03. The minimum Gasteiger partial charge on any atom is -0.462 e. The van der Waals surface area contributed by atoms with Gasteiger partial charge in [0.25, 0.3) is 6.47 Å². The third-order valence-electron chi connectivity index (χ3n) is 2.25. The first kappa shape index (κ1) is 22.9. The van der Waals surface area contributed by atoms with E-state index in [-0.39, 0.29) is 5.60 Å². The molecule has 0 amide bonds. The summed E-state index contributed by atoms with van der Waals surface area (Å²) in [5.74, 6) is 1.77. The van der Waals surface area contributed by atoms with E-state index in [1.54, 1.807) is 0 Å². The van der Waals surface area contributed by atoms with Crippen molar-refractivity contribution in [2.45, 2.75) is 67.5 Å². The zero-order valence-corrected chi connectivity index (χ0v) is 15.9. The minimum absolute atomic E-state index is 0.318. The van der Waals surface area contributed by atoms with Crippen molar-refractivity contribution >= 4 is 6.47 Å². The van der Waals surface area contributed by atoms with Gasteiger partial charge in [-0.1, -0.05) is 27.7 Å². The summed E-state index contributed by atoms with van der Waals surface area (Å²) >= 11 is 0. The van der Waals surface area contributed by atoms with E-state index in [0.717, 1.165) is 24.6 Å². The average molecular weight is 313 g/mol. The first-order chi connectivity index (χ1) is 10.1. The predicted molar refractivity (Wildman–Crippen MR) is 92.7 cm³/mol. The van der Waals surface area contributed by atoms with Crippen molar-refractivity contribution in [1.29, 1.82) is 0 Å². The number of H-pyrrole nitrogens is 1. The molecule has 0 spiro atoms. The van der Waals surface area contributed by atoms with Crippen LogP contribution in [-0.4, -0.2) is 40.5 Å². The molecule has 5 nitrogen and oxygen atoms in total. The van der Waals surface area contributed by atoms with Crippen LogP contribution < -0.4 is 0 Å². The third-order valence-corrected chi connectivity index (χ3v) is 2.25. The largest absolute Gasteiger partial charge is 0.462 e. The Bertz CT molecular complexity index is 382. The fraction of sp³-hybridized carbons (Fsp3) is 0.765. The maximum Gasteiger partial charge on any atom is 0.293 e. The van der Waals surface area contributed by atoms with E-state index >= 15 is 0 Å². The SMILES string of the molecule is CC.CC(C)(C)OC=O.Cc1cnc(CN(C)CC(C)C)[nH]1. The molecule has 0 aromatic carbocycles. The standard InChI is InChI=1S/C10H19N3.C5H10O2.C2H6/c1-8(2)6-13(4)7-10-11-5-9(3)12-10;1-5(2,3)7-4-6;1-2/h5,8H,6-7H2,1-4H3,(H,11,12);4H,1-3H3;1-2H3. The Morgan fingerprint density at radius 1 is 1.36 bits per heavy atom. The topological polar surface area (TPSA) is 58.2 Å². The van der Waals surface area contributed by atoms with Crippen LogP contribution in [0.4, 0.5) is 0 Å². The summed E-state index contributed by atoms with van der Waals surface area (Å²) in [7, 11) is 2.12. The summed E-state index contributed by atoms with van der Waals surface area (Å²) in [5.41, 5.74) is 0.815. The third kappa shape index (κ3) is 15.0. The van der Waals surface area contributed by atoms with Crippen molar-refractivity contribution < 1.29 is 9.53 Å². The molecule has 0 saturated heterocycles. The van der Waals surface area contributed by atoms with Crippen molar-refractivity contribution in [3.8, 4) is 0 Å². The smallest absolute Gasteiger partial charge is 0.293 e. The molecular weight excluding hydrogens is 278 g/mol. The number of nitrogens with one attached hydrogen (secondary N) is 1. The highest BCUT2D eigenvalue weighted by molar-refractivity contribution is 5.37. The van der Waals surface area contributed by atoms with Gasteiger partial charge in [0.05, 0.1) is 6.54 Å². The van der Waals surface area contributed by atoms with Crippen LogP contribution >= 0.6 is 0 Å². The fourth-order valence-electron chi connectivity index (χ4n) is 1.64. The van der Waals surface area contributed by atoms with E-state index in [9.17, 15) is 4.79 Å². The number of aryl methyl sites for hydroxylation is 1. The van der Waals surface area contributed by atoms with Gasteiger partial charge in [0.1, 0.15) is 11.4 Å².